The van der Waals surface area contributed by atoms with Crippen molar-refractivity contribution >= 4 is 16.5 Å². The molecular weight excluding hydrogens is 292 g/mol. The van der Waals surface area contributed by atoms with Gasteiger partial charge in [0.05, 0.1) is 12.2 Å². The fourth-order valence-corrected chi connectivity index (χ4v) is 3.10. The van der Waals surface area contributed by atoms with E-state index in [1.807, 2.05) is 0 Å². The molecule has 0 saturated carbocycles. The molecule has 0 aliphatic rings. The first-order chi connectivity index (χ1) is 9.85. The number of hydrogen-bond acceptors (Lipinski definition) is 4. The zero-order valence-electron chi connectivity index (χ0n) is 13.6. The van der Waals surface area contributed by atoms with Gasteiger partial charge in [-0.2, -0.15) is 0 Å². The predicted octanol–water partition coefficient (Wildman–Crippen LogP) is 4.10. The van der Waals surface area contributed by atoms with E-state index in [-0.39, 0.29) is 6.54 Å². The van der Waals surface area contributed by atoms with E-state index in [0.29, 0.717) is 17.0 Å². The van der Waals surface area contributed by atoms with Crippen LogP contribution in [-0.4, -0.2) is 31.5 Å². The fraction of sp³-hybridized carbons (Fsp3) is 0.800. The number of nitrogens with zero attached hydrogens (tertiary/aromatic N) is 2. The lowest BCUT2D eigenvalue weighted by molar-refractivity contribution is 0.156. The average molecular weight is 319 g/mol. The molecule has 1 unspecified atom stereocenters. The lowest BCUT2D eigenvalue weighted by Crippen LogP contribution is -2.23. The molecule has 0 radical (unpaired) electrons. The van der Waals surface area contributed by atoms with Crippen molar-refractivity contribution in [3.63, 3.8) is 0 Å². The number of alkyl halides is 2. The van der Waals surface area contributed by atoms with Crippen LogP contribution in [0.4, 0.5) is 13.9 Å². The first kappa shape index (κ1) is 18.3. The molecule has 0 fully saturated rings. The Bertz CT molecular complexity index is 421. The van der Waals surface area contributed by atoms with Crippen molar-refractivity contribution in [1.29, 1.82) is 0 Å². The molecule has 0 aliphatic heterocycles. The lowest BCUT2D eigenvalue weighted by Gasteiger charge is -2.14. The predicted molar refractivity (Wildman–Crippen MR) is 86.6 cm³/mol. The average Bonchev–Trinajstić information content (AvgIpc) is 2.81. The van der Waals surface area contributed by atoms with Crippen LogP contribution in [0.25, 0.3) is 0 Å². The molecule has 0 spiro atoms. The van der Waals surface area contributed by atoms with Crippen LogP contribution in [0.2, 0.25) is 0 Å². The van der Waals surface area contributed by atoms with E-state index < -0.39 is 6.43 Å². The number of aromatic nitrogens is 1. The second-order valence-corrected chi connectivity index (χ2v) is 6.97. The highest BCUT2D eigenvalue weighted by Gasteiger charge is 2.19. The highest BCUT2D eigenvalue weighted by atomic mass is 32.1. The Morgan fingerprint density at radius 3 is 2.48 bits per heavy atom. The minimum absolute atomic E-state index is 0.272. The molecule has 1 N–H and O–H groups in total. The van der Waals surface area contributed by atoms with Gasteiger partial charge in [-0.15, -0.1) is 11.3 Å². The molecule has 21 heavy (non-hydrogen) atoms. The molecule has 3 nitrogen and oxygen atoms in total. The Kier molecular flexibility index (Phi) is 7.52. The SMILES string of the molecule is CCC(C)c1nc(N(C)CC(F)F)sc1CNCC(C)C. The van der Waals surface area contributed by atoms with Crippen molar-refractivity contribution in [2.45, 2.75) is 53.0 Å². The highest BCUT2D eigenvalue weighted by Crippen LogP contribution is 2.32. The largest absolute Gasteiger partial charge is 0.345 e. The molecule has 1 aromatic heterocycles. The Morgan fingerprint density at radius 2 is 1.95 bits per heavy atom. The Balaban J connectivity index is 2.85. The van der Waals surface area contributed by atoms with E-state index in [9.17, 15) is 8.78 Å². The smallest absolute Gasteiger partial charge is 0.255 e. The van der Waals surface area contributed by atoms with E-state index >= 15 is 0 Å². The summed E-state index contributed by atoms with van der Waals surface area (Å²) in [6.07, 6.45) is -1.34. The van der Waals surface area contributed by atoms with Crippen molar-refractivity contribution < 1.29 is 8.78 Å². The standard InChI is InChI=1S/C15H27F2N3S/c1-6-11(4)14-12(8-18-7-10(2)3)21-15(19-14)20(5)9-13(16)17/h10-11,13,18H,6-9H2,1-5H3. The van der Waals surface area contributed by atoms with Crippen LogP contribution in [-0.2, 0) is 6.54 Å². The first-order valence-corrected chi connectivity index (χ1v) is 8.36. The van der Waals surface area contributed by atoms with Gasteiger partial charge in [0.25, 0.3) is 6.43 Å². The maximum atomic E-state index is 12.5. The molecule has 1 atom stereocenters. The van der Waals surface area contributed by atoms with Crippen LogP contribution in [0.15, 0.2) is 0 Å². The van der Waals surface area contributed by atoms with Gasteiger partial charge < -0.3 is 10.2 Å². The van der Waals surface area contributed by atoms with Gasteiger partial charge in [-0.05, 0) is 24.8 Å². The number of rotatable bonds is 9. The Labute approximate surface area is 130 Å². The summed E-state index contributed by atoms with van der Waals surface area (Å²) in [5.74, 6) is 0.941. The van der Waals surface area contributed by atoms with Gasteiger partial charge in [0, 0.05) is 18.5 Å². The molecule has 1 rings (SSSR count). The van der Waals surface area contributed by atoms with Crippen LogP contribution in [0.1, 0.15) is 50.6 Å². The van der Waals surface area contributed by atoms with Gasteiger partial charge in [0.1, 0.15) is 0 Å². The second kappa shape index (κ2) is 8.63. The lowest BCUT2D eigenvalue weighted by atomic mass is 10.0. The number of thiazole rings is 1. The number of hydrogen-bond donors (Lipinski definition) is 1. The van der Waals surface area contributed by atoms with Crippen molar-refractivity contribution in [2.24, 2.45) is 5.92 Å². The van der Waals surface area contributed by atoms with Gasteiger partial charge in [-0.25, -0.2) is 13.8 Å². The van der Waals surface area contributed by atoms with E-state index in [2.05, 4.69) is 38.0 Å². The molecule has 0 amide bonds. The quantitative estimate of drug-likeness (QED) is 0.742. The molecule has 0 saturated heterocycles. The molecule has 1 aromatic rings. The third-order valence-electron chi connectivity index (χ3n) is 3.37. The zero-order chi connectivity index (χ0) is 16.0. The first-order valence-electron chi connectivity index (χ1n) is 7.54. The Morgan fingerprint density at radius 1 is 1.29 bits per heavy atom. The van der Waals surface area contributed by atoms with E-state index in [0.717, 1.165) is 25.2 Å². The summed E-state index contributed by atoms with van der Waals surface area (Å²) in [6.45, 7) is 10.0. The maximum Gasteiger partial charge on any atom is 0.255 e. The summed E-state index contributed by atoms with van der Waals surface area (Å²) in [7, 11) is 1.68. The topological polar surface area (TPSA) is 28.2 Å². The van der Waals surface area contributed by atoms with Gasteiger partial charge in [0.15, 0.2) is 5.13 Å². The van der Waals surface area contributed by atoms with Crippen molar-refractivity contribution in [3.05, 3.63) is 10.6 Å². The molecular formula is C15H27F2N3S. The third kappa shape index (κ3) is 5.87. The summed E-state index contributed by atoms with van der Waals surface area (Å²) in [4.78, 5) is 7.32. The van der Waals surface area contributed by atoms with E-state index in [4.69, 9.17) is 0 Å². The normalized spacial score (nSPS) is 13.2. The second-order valence-electron chi connectivity index (χ2n) is 5.91. The zero-order valence-corrected chi connectivity index (χ0v) is 14.4. The number of nitrogens with one attached hydrogen (secondary N) is 1. The Hall–Kier alpha value is -0.750. The van der Waals surface area contributed by atoms with Gasteiger partial charge >= 0.3 is 0 Å². The summed E-state index contributed by atoms with van der Waals surface area (Å²) in [5, 5.41) is 4.10. The third-order valence-corrected chi connectivity index (χ3v) is 4.56. The summed E-state index contributed by atoms with van der Waals surface area (Å²) in [5.41, 5.74) is 1.05. The molecule has 6 heteroatoms. The minimum Gasteiger partial charge on any atom is -0.345 e. The molecule has 0 aromatic carbocycles. The number of halogens is 2. The van der Waals surface area contributed by atoms with E-state index in [1.54, 1.807) is 11.9 Å². The summed E-state index contributed by atoms with van der Waals surface area (Å²) >= 11 is 1.52. The molecule has 0 bridgehead atoms. The molecule has 0 aliphatic carbocycles. The van der Waals surface area contributed by atoms with Crippen molar-refractivity contribution in [2.75, 3.05) is 25.0 Å². The van der Waals surface area contributed by atoms with E-state index in [1.165, 1.54) is 16.2 Å². The van der Waals surface area contributed by atoms with Crippen LogP contribution < -0.4 is 10.2 Å². The van der Waals surface area contributed by atoms with Gasteiger partial charge in [-0.1, -0.05) is 27.7 Å². The molecule has 1 heterocycles. The summed E-state index contributed by atoms with van der Waals surface area (Å²) < 4.78 is 25.0. The highest BCUT2D eigenvalue weighted by molar-refractivity contribution is 7.15. The van der Waals surface area contributed by atoms with Gasteiger partial charge in [0.2, 0.25) is 0 Å². The van der Waals surface area contributed by atoms with Crippen molar-refractivity contribution in [1.82, 2.24) is 10.3 Å². The molecule has 122 valence electrons. The van der Waals surface area contributed by atoms with Crippen LogP contribution in [0.3, 0.4) is 0 Å². The number of anilines is 1. The van der Waals surface area contributed by atoms with Crippen molar-refractivity contribution in [3.8, 4) is 0 Å². The monoisotopic (exact) mass is 319 g/mol. The maximum absolute atomic E-state index is 12.5. The fourth-order valence-electron chi connectivity index (χ4n) is 1.98. The van der Waals surface area contributed by atoms with Crippen LogP contribution >= 0.6 is 11.3 Å². The van der Waals surface area contributed by atoms with Crippen LogP contribution in [0.5, 0.6) is 0 Å². The van der Waals surface area contributed by atoms with Gasteiger partial charge in [-0.3, -0.25) is 0 Å². The van der Waals surface area contributed by atoms with Crippen LogP contribution in [0, 0.1) is 5.92 Å². The minimum atomic E-state index is -2.34. The summed E-state index contributed by atoms with van der Waals surface area (Å²) in [6, 6.07) is 0.